The Labute approximate surface area is 121 Å². The van der Waals surface area contributed by atoms with Crippen LogP contribution in [0.4, 0.5) is 4.79 Å². The van der Waals surface area contributed by atoms with E-state index in [2.05, 4.69) is 10.1 Å². The molecule has 0 aromatic rings. The van der Waals surface area contributed by atoms with Gasteiger partial charge in [0.1, 0.15) is 19.1 Å². The van der Waals surface area contributed by atoms with Gasteiger partial charge >= 0.3 is 18.0 Å². The Morgan fingerprint density at radius 2 is 2.14 bits per heavy atom. The van der Waals surface area contributed by atoms with Crippen molar-refractivity contribution in [2.45, 2.75) is 19.4 Å². The van der Waals surface area contributed by atoms with Gasteiger partial charge in [-0.3, -0.25) is 14.5 Å². The van der Waals surface area contributed by atoms with Crippen molar-refractivity contribution in [2.24, 2.45) is 0 Å². The molecule has 1 fully saturated rings. The maximum absolute atomic E-state index is 12.4. The van der Waals surface area contributed by atoms with E-state index >= 15 is 0 Å². The zero-order valence-electron chi connectivity index (χ0n) is 12.0. The van der Waals surface area contributed by atoms with Crippen LogP contribution in [-0.4, -0.2) is 78.1 Å². The maximum atomic E-state index is 12.4. The Morgan fingerprint density at radius 1 is 1.48 bits per heavy atom. The summed E-state index contributed by atoms with van der Waals surface area (Å²) >= 11 is 0. The van der Waals surface area contributed by atoms with Crippen LogP contribution in [0.5, 0.6) is 0 Å². The van der Waals surface area contributed by atoms with Crippen molar-refractivity contribution in [3.8, 4) is 0 Å². The zero-order chi connectivity index (χ0) is 16.0. The summed E-state index contributed by atoms with van der Waals surface area (Å²) in [7, 11) is 1.20. The van der Waals surface area contributed by atoms with E-state index in [0.29, 0.717) is 6.42 Å². The number of carbonyl (C=O) groups excluding carboxylic acids is 3. The molecule has 1 aliphatic heterocycles. The molecule has 3 amide bonds. The van der Waals surface area contributed by atoms with Crippen LogP contribution < -0.4 is 5.32 Å². The summed E-state index contributed by atoms with van der Waals surface area (Å²) in [5.74, 6) is -2.25. The molecule has 9 heteroatoms. The van der Waals surface area contributed by atoms with Crippen LogP contribution in [0, 0.1) is 0 Å². The number of rotatable bonds is 5. The first kappa shape index (κ1) is 16.7. The molecule has 21 heavy (non-hydrogen) atoms. The largest absolute Gasteiger partial charge is 0.480 e. The van der Waals surface area contributed by atoms with Gasteiger partial charge in [-0.25, -0.2) is 9.59 Å². The van der Waals surface area contributed by atoms with Crippen molar-refractivity contribution in [3.63, 3.8) is 0 Å². The van der Waals surface area contributed by atoms with Gasteiger partial charge in [-0.2, -0.15) is 0 Å². The van der Waals surface area contributed by atoms with E-state index < -0.39 is 29.9 Å². The average Bonchev–Trinajstić information content (AvgIpc) is 2.45. The minimum absolute atomic E-state index is 0.155. The molecular weight excluding hydrogens is 282 g/mol. The second kappa shape index (κ2) is 7.46. The number of methoxy groups -OCH3 is 1. The Kier molecular flexibility index (Phi) is 5.94. The van der Waals surface area contributed by atoms with Crippen molar-refractivity contribution in [3.05, 3.63) is 0 Å². The SMILES string of the molecule is CCCN(CC(=O)OC)C(=O)N1CC(=O)NCC1C(=O)O. The summed E-state index contributed by atoms with van der Waals surface area (Å²) in [5.41, 5.74) is 0. The summed E-state index contributed by atoms with van der Waals surface area (Å²) in [6, 6.07) is -1.81. The lowest BCUT2D eigenvalue weighted by molar-refractivity contribution is -0.144. The molecule has 1 aliphatic rings. The molecule has 0 saturated carbocycles. The fourth-order valence-electron chi connectivity index (χ4n) is 1.98. The first-order valence-corrected chi connectivity index (χ1v) is 6.52. The van der Waals surface area contributed by atoms with Crippen LogP contribution in [-0.2, 0) is 19.1 Å². The van der Waals surface area contributed by atoms with E-state index in [1.165, 1.54) is 12.0 Å². The Hall–Kier alpha value is -2.32. The summed E-state index contributed by atoms with van der Waals surface area (Å²) < 4.78 is 4.51. The number of carbonyl (C=O) groups is 4. The lowest BCUT2D eigenvalue weighted by Crippen LogP contribution is -2.62. The van der Waals surface area contributed by atoms with Gasteiger partial charge in [-0.05, 0) is 6.42 Å². The minimum atomic E-state index is -1.21. The van der Waals surface area contributed by atoms with Gasteiger partial charge in [-0.1, -0.05) is 6.92 Å². The third-order valence-electron chi connectivity index (χ3n) is 3.03. The van der Waals surface area contributed by atoms with Gasteiger partial charge in [0.05, 0.1) is 7.11 Å². The summed E-state index contributed by atoms with van der Waals surface area (Å²) in [6.07, 6.45) is 0.584. The van der Waals surface area contributed by atoms with Crippen LogP contribution in [0.3, 0.4) is 0 Å². The van der Waals surface area contributed by atoms with Gasteiger partial charge in [0.25, 0.3) is 0 Å². The predicted octanol–water partition coefficient (Wildman–Crippen LogP) is -1.12. The molecular formula is C12H19N3O6. The van der Waals surface area contributed by atoms with E-state index in [4.69, 9.17) is 5.11 Å². The van der Waals surface area contributed by atoms with E-state index in [9.17, 15) is 19.2 Å². The molecule has 0 bridgehead atoms. The molecule has 0 spiro atoms. The quantitative estimate of drug-likeness (QED) is 0.621. The molecule has 1 unspecified atom stereocenters. The van der Waals surface area contributed by atoms with Crippen LogP contribution >= 0.6 is 0 Å². The first-order valence-electron chi connectivity index (χ1n) is 6.52. The number of amides is 3. The number of nitrogens with zero attached hydrogens (tertiary/aromatic N) is 2. The highest BCUT2D eigenvalue weighted by Crippen LogP contribution is 2.10. The third kappa shape index (κ3) is 4.33. The number of carboxylic acid groups (broad SMARTS) is 1. The van der Waals surface area contributed by atoms with Crippen molar-refractivity contribution < 1.29 is 29.0 Å². The van der Waals surface area contributed by atoms with Crippen LogP contribution in [0.1, 0.15) is 13.3 Å². The van der Waals surface area contributed by atoms with Crippen molar-refractivity contribution >= 4 is 23.9 Å². The molecule has 0 aliphatic carbocycles. The monoisotopic (exact) mass is 301 g/mol. The van der Waals surface area contributed by atoms with E-state index in [1.807, 2.05) is 6.92 Å². The normalized spacial score (nSPS) is 17.9. The second-order valence-electron chi connectivity index (χ2n) is 4.57. The molecule has 0 radical (unpaired) electrons. The highest BCUT2D eigenvalue weighted by atomic mass is 16.5. The van der Waals surface area contributed by atoms with E-state index in [0.717, 1.165) is 4.90 Å². The third-order valence-corrected chi connectivity index (χ3v) is 3.03. The van der Waals surface area contributed by atoms with Gasteiger partial charge in [-0.15, -0.1) is 0 Å². The number of ether oxygens (including phenoxy) is 1. The predicted molar refractivity (Wildman–Crippen MR) is 70.4 cm³/mol. The number of esters is 1. The smallest absolute Gasteiger partial charge is 0.328 e. The zero-order valence-corrected chi connectivity index (χ0v) is 12.0. The highest BCUT2D eigenvalue weighted by Gasteiger charge is 2.37. The highest BCUT2D eigenvalue weighted by molar-refractivity contribution is 5.91. The number of piperazine rings is 1. The Morgan fingerprint density at radius 3 is 2.67 bits per heavy atom. The number of hydrogen-bond donors (Lipinski definition) is 2. The molecule has 1 saturated heterocycles. The number of aliphatic carboxylic acids is 1. The van der Waals surface area contributed by atoms with Crippen molar-refractivity contribution in [2.75, 3.05) is 33.3 Å². The molecule has 2 N–H and O–H groups in total. The van der Waals surface area contributed by atoms with Gasteiger partial charge < -0.3 is 20.1 Å². The fourth-order valence-corrected chi connectivity index (χ4v) is 1.98. The maximum Gasteiger partial charge on any atom is 0.328 e. The van der Waals surface area contributed by atoms with E-state index in [1.54, 1.807) is 0 Å². The first-order chi connectivity index (χ1) is 9.90. The molecule has 1 rings (SSSR count). The molecule has 0 aromatic heterocycles. The topological polar surface area (TPSA) is 116 Å². The molecule has 0 aromatic carbocycles. The average molecular weight is 301 g/mol. The van der Waals surface area contributed by atoms with Gasteiger partial charge in [0.15, 0.2) is 0 Å². The molecule has 118 valence electrons. The minimum Gasteiger partial charge on any atom is -0.480 e. The van der Waals surface area contributed by atoms with Crippen LogP contribution in [0.15, 0.2) is 0 Å². The number of urea groups is 1. The Balaban J connectivity index is 2.89. The van der Waals surface area contributed by atoms with Crippen molar-refractivity contribution in [1.82, 2.24) is 15.1 Å². The molecule has 9 nitrogen and oxygen atoms in total. The number of hydrogen-bond acceptors (Lipinski definition) is 5. The number of nitrogens with one attached hydrogen (secondary N) is 1. The van der Waals surface area contributed by atoms with E-state index in [-0.39, 0.29) is 26.2 Å². The summed E-state index contributed by atoms with van der Waals surface area (Å²) in [6.45, 7) is 1.29. The fraction of sp³-hybridized carbons (Fsp3) is 0.667. The van der Waals surface area contributed by atoms with Crippen molar-refractivity contribution in [1.29, 1.82) is 0 Å². The standard InChI is InChI=1S/C12H19N3O6/c1-3-4-14(7-10(17)21-2)12(20)15-6-9(16)13-5-8(15)11(18)19/h8H,3-7H2,1-2H3,(H,13,16)(H,18,19). The van der Waals surface area contributed by atoms with Crippen LogP contribution in [0.25, 0.3) is 0 Å². The van der Waals surface area contributed by atoms with Gasteiger partial charge in [0.2, 0.25) is 5.91 Å². The van der Waals surface area contributed by atoms with Gasteiger partial charge in [0, 0.05) is 13.1 Å². The Bertz CT molecular complexity index is 439. The summed E-state index contributed by atoms with van der Waals surface area (Å²) in [5, 5.41) is 11.5. The molecule has 1 heterocycles. The lowest BCUT2D eigenvalue weighted by atomic mass is 10.2. The second-order valence-corrected chi connectivity index (χ2v) is 4.57. The molecule has 1 atom stereocenters. The number of carboxylic acids is 1. The van der Waals surface area contributed by atoms with Crippen LogP contribution in [0.2, 0.25) is 0 Å². The summed E-state index contributed by atoms with van der Waals surface area (Å²) in [4.78, 5) is 48.4. The lowest BCUT2D eigenvalue weighted by Gasteiger charge is -2.36.